The molecule has 1 aromatic heterocycles. The lowest BCUT2D eigenvalue weighted by Gasteiger charge is -2.03. The lowest BCUT2D eigenvalue weighted by atomic mass is 10.0. The Kier molecular flexibility index (Phi) is 3.76. The van der Waals surface area contributed by atoms with Crippen LogP contribution in [0.5, 0.6) is 0 Å². The van der Waals surface area contributed by atoms with Crippen molar-refractivity contribution in [2.24, 2.45) is 0 Å². The van der Waals surface area contributed by atoms with Gasteiger partial charge in [0.25, 0.3) is 0 Å². The zero-order valence-electron chi connectivity index (χ0n) is 14.8. The van der Waals surface area contributed by atoms with Crippen molar-refractivity contribution in [1.82, 2.24) is 0 Å². The van der Waals surface area contributed by atoms with Crippen LogP contribution in [0.4, 0.5) is 0 Å². The third kappa shape index (κ3) is 2.51. The van der Waals surface area contributed by atoms with Gasteiger partial charge in [0.2, 0.25) is 0 Å². The first-order valence-corrected chi connectivity index (χ1v) is 10.1. The lowest BCUT2D eigenvalue weighted by Crippen LogP contribution is -1.77. The van der Waals surface area contributed by atoms with E-state index in [1.54, 1.807) is 0 Å². The third-order valence-corrected chi connectivity index (χ3v) is 6.33. The number of thiophene rings is 1. The molecule has 1 heterocycles. The molecule has 0 saturated carbocycles. The average molecular weight is 353 g/mol. The van der Waals surface area contributed by atoms with Crippen LogP contribution in [-0.2, 0) is 0 Å². The van der Waals surface area contributed by atoms with E-state index in [1.165, 1.54) is 53.7 Å². The molecule has 1 heteroatoms. The highest BCUT2D eigenvalue weighted by atomic mass is 32.1. The first-order valence-electron chi connectivity index (χ1n) is 9.28. The van der Waals surface area contributed by atoms with Crippen molar-refractivity contribution in [2.75, 3.05) is 0 Å². The fourth-order valence-electron chi connectivity index (χ4n) is 3.76. The van der Waals surface area contributed by atoms with Crippen molar-refractivity contribution in [1.29, 1.82) is 0 Å². The highest BCUT2D eigenvalue weighted by Gasteiger charge is 2.09. The Hall–Kier alpha value is -2.64. The molecule has 0 saturated heterocycles. The van der Waals surface area contributed by atoms with Crippen LogP contribution in [0, 0.1) is 0 Å². The molecule has 0 N–H and O–H groups in total. The maximum Gasteiger partial charge on any atom is 0.0434 e. The van der Waals surface area contributed by atoms with Crippen LogP contribution < -0.4 is 0 Å². The lowest BCUT2D eigenvalue weighted by molar-refractivity contribution is 0.962. The zero-order chi connectivity index (χ0) is 17.5. The minimum atomic E-state index is 1.14. The molecule has 0 nitrogen and oxygen atoms in total. The summed E-state index contributed by atoms with van der Waals surface area (Å²) in [6.07, 6.45) is 6.86. The Morgan fingerprint density at radius 2 is 1.62 bits per heavy atom. The number of rotatable bonds is 3. The van der Waals surface area contributed by atoms with Crippen molar-refractivity contribution in [3.05, 3.63) is 78.4 Å². The van der Waals surface area contributed by atoms with Gasteiger partial charge in [-0.25, -0.2) is 0 Å². The van der Waals surface area contributed by atoms with Crippen molar-refractivity contribution in [2.45, 2.75) is 19.8 Å². The number of allylic oxidation sites excluding steroid dienone is 1. The third-order valence-electron chi connectivity index (χ3n) is 5.11. The molecule has 0 atom stereocenters. The van der Waals surface area contributed by atoms with Crippen LogP contribution in [0.3, 0.4) is 0 Å². The van der Waals surface area contributed by atoms with Gasteiger partial charge in [0.05, 0.1) is 0 Å². The fraction of sp³-hybridized carbons (Fsp3) is 0.120. The SMILES string of the molecule is CCC/C=C/c1ccc2sc3c4cc5ccccc5cc4ccc3c2c1. The van der Waals surface area contributed by atoms with E-state index in [1.807, 2.05) is 11.3 Å². The summed E-state index contributed by atoms with van der Waals surface area (Å²) < 4.78 is 2.77. The standard InChI is InChI=1S/C25H20S/c1-2-3-4-7-17-10-13-24-23(14-17)21-12-11-20-15-18-8-5-6-9-19(18)16-22(20)25(21)26-24/h4-16H,2-3H2,1H3/b7-4+. The summed E-state index contributed by atoms with van der Waals surface area (Å²) in [7, 11) is 0. The van der Waals surface area contributed by atoms with E-state index in [-0.39, 0.29) is 0 Å². The van der Waals surface area contributed by atoms with Gasteiger partial charge in [0, 0.05) is 25.6 Å². The first-order chi connectivity index (χ1) is 12.8. The maximum absolute atomic E-state index is 2.35. The van der Waals surface area contributed by atoms with E-state index in [0.717, 1.165) is 6.42 Å². The Morgan fingerprint density at radius 1 is 0.769 bits per heavy atom. The summed E-state index contributed by atoms with van der Waals surface area (Å²) in [5.74, 6) is 0. The number of unbranched alkanes of at least 4 members (excludes halogenated alkanes) is 1. The molecule has 5 aromatic rings. The quantitative estimate of drug-likeness (QED) is 0.287. The zero-order valence-corrected chi connectivity index (χ0v) is 15.6. The van der Waals surface area contributed by atoms with E-state index in [4.69, 9.17) is 0 Å². The fourth-order valence-corrected chi connectivity index (χ4v) is 4.96. The number of fused-ring (bicyclic) bond motifs is 6. The van der Waals surface area contributed by atoms with Gasteiger partial charge in [-0.2, -0.15) is 0 Å². The Balaban J connectivity index is 1.78. The van der Waals surface area contributed by atoms with Gasteiger partial charge in [-0.05, 0) is 52.4 Å². The summed E-state index contributed by atoms with van der Waals surface area (Å²) in [6, 6.07) is 24.7. The second-order valence-electron chi connectivity index (χ2n) is 6.91. The van der Waals surface area contributed by atoms with Gasteiger partial charge >= 0.3 is 0 Å². The van der Waals surface area contributed by atoms with Crippen molar-refractivity contribution >= 4 is 59.1 Å². The van der Waals surface area contributed by atoms with Crippen molar-refractivity contribution < 1.29 is 0 Å². The van der Waals surface area contributed by atoms with E-state index in [9.17, 15) is 0 Å². The molecule has 126 valence electrons. The second kappa shape index (κ2) is 6.26. The molecule has 0 radical (unpaired) electrons. The Labute approximate surface area is 157 Å². The minimum Gasteiger partial charge on any atom is -0.135 e. The van der Waals surface area contributed by atoms with Crippen LogP contribution in [0.25, 0.3) is 47.8 Å². The van der Waals surface area contributed by atoms with E-state index in [0.29, 0.717) is 0 Å². The molecule has 0 bridgehead atoms. The van der Waals surface area contributed by atoms with Crippen LogP contribution in [0.2, 0.25) is 0 Å². The first kappa shape index (κ1) is 15.6. The Morgan fingerprint density at radius 3 is 2.46 bits per heavy atom. The molecule has 0 aliphatic heterocycles. The molecular formula is C25H20S. The monoisotopic (exact) mass is 352 g/mol. The van der Waals surface area contributed by atoms with Crippen LogP contribution in [0.1, 0.15) is 25.3 Å². The molecule has 0 aliphatic carbocycles. The van der Waals surface area contributed by atoms with Crippen molar-refractivity contribution in [3.8, 4) is 0 Å². The van der Waals surface area contributed by atoms with Crippen molar-refractivity contribution in [3.63, 3.8) is 0 Å². The highest BCUT2D eigenvalue weighted by Crippen LogP contribution is 2.40. The summed E-state index contributed by atoms with van der Waals surface area (Å²) in [5, 5.41) is 8.06. The maximum atomic E-state index is 2.35. The smallest absolute Gasteiger partial charge is 0.0434 e. The molecular weight excluding hydrogens is 332 g/mol. The molecule has 5 rings (SSSR count). The van der Waals surface area contributed by atoms with Gasteiger partial charge in [0.1, 0.15) is 0 Å². The number of hydrogen-bond acceptors (Lipinski definition) is 1. The van der Waals surface area contributed by atoms with Crippen LogP contribution in [-0.4, -0.2) is 0 Å². The average Bonchev–Trinajstić information content (AvgIpc) is 3.05. The molecule has 0 fully saturated rings. The summed E-state index contributed by atoms with van der Waals surface area (Å²) in [5.41, 5.74) is 1.30. The molecule has 4 aromatic carbocycles. The highest BCUT2D eigenvalue weighted by molar-refractivity contribution is 7.26. The van der Waals surface area contributed by atoms with Gasteiger partial charge in [-0.1, -0.05) is 68.0 Å². The number of hydrogen-bond donors (Lipinski definition) is 0. The van der Waals surface area contributed by atoms with Gasteiger partial charge < -0.3 is 0 Å². The Bertz CT molecular complexity index is 1290. The summed E-state index contributed by atoms with van der Waals surface area (Å²) >= 11 is 1.91. The molecule has 0 aliphatic rings. The predicted molar refractivity (Wildman–Crippen MR) is 118 cm³/mol. The topological polar surface area (TPSA) is 0 Å². The van der Waals surface area contributed by atoms with Gasteiger partial charge in [-0.15, -0.1) is 11.3 Å². The van der Waals surface area contributed by atoms with E-state index < -0.39 is 0 Å². The largest absolute Gasteiger partial charge is 0.135 e. The van der Waals surface area contributed by atoms with Gasteiger partial charge in [0.15, 0.2) is 0 Å². The normalized spacial score (nSPS) is 12.2. The molecule has 0 unspecified atom stereocenters. The molecule has 0 amide bonds. The van der Waals surface area contributed by atoms with E-state index in [2.05, 4.69) is 85.8 Å². The molecule has 0 spiro atoms. The van der Waals surface area contributed by atoms with E-state index >= 15 is 0 Å². The number of benzene rings is 4. The minimum absolute atomic E-state index is 1.14. The summed E-state index contributed by atoms with van der Waals surface area (Å²) in [6.45, 7) is 2.22. The molecule has 26 heavy (non-hydrogen) atoms. The van der Waals surface area contributed by atoms with Gasteiger partial charge in [-0.3, -0.25) is 0 Å². The van der Waals surface area contributed by atoms with Crippen LogP contribution >= 0.6 is 11.3 Å². The second-order valence-corrected chi connectivity index (χ2v) is 7.96. The predicted octanol–water partition coefficient (Wildman–Crippen LogP) is 8.17. The summed E-state index contributed by atoms with van der Waals surface area (Å²) in [4.78, 5) is 0. The van der Waals surface area contributed by atoms with Crippen LogP contribution in [0.15, 0.2) is 72.8 Å².